The van der Waals surface area contributed by atoms with E-state index in [-0.39, 0.29) is 11.5 Å². The number of carboxylic acid groups (broad SMARTS) is 1. The molecule has 2 rings (SSSR count). The SMILES string of the molecule is C[C@@H]1CN(c2ncc(Br)cn2)C[C@](C)(C(C)(C)C)N1C(=O)O. The Kier molecular flexibility index (Phi) is 4.39. The summed E-state index contributed by atoms with van der Waals surface area (Å²) in [6.45, 7) is 11.3. The predicted octanol–water partition coefficient (Wildman–Crippen LogP) is 3.23. The zero-order valence-corrected chi connectivity index (χ0v) is 15.3. The normalized spacial score (nSPS) is 26.2. The molecule has 0 bridgehead atoms. The summed E-state index contributed by atoms with van der Waals surface area (Å²) in [5.41, 5.74) is -0.749. The first-order chi connectivity index (χ1) is 10.1. The van der Waals surface area contributed by atoms with Crippen molar-refractivity contribution in [3.05, 3.63) is 16.9 Å². The smallest absolute Gasteiger partial charge is 0.408 e. The van der Waals surface area contributed by atoms with Gasteiger partial charge in [-0.25, -0.2) is 14.8 Å². The van der Waals surface area contributed by atoms with Gasteiger partial charge in [-0.3, -0.25) is 4.90 Å². The van der Waals surface area contributed by atoms with Gasteiger partial charge in [-0.1, -0.05) is 20.8 Å². The number of halogens is 1. The Morgan fingerprint density at radius 1 is 1.41 bits per heavy atom. The zero-order valence-electron chi connectivity index (χ0n) is 13.7. The molecular formula is C15H23BrN4O2. The molecule has 2 atom stereocenters. The van der Waals surface area contributed by atoms with Crippen molar-refractivity contribution in [2.75, 3.05) is 18.0 Å². The second kappa shape index (κ2) is 5.68. The van der Waals surface area contributed by atoms with Gasteiger partial charge in [0, 0.05) is 25.5 Å². The van der Waals surface area contributed by atoms with Crippen LogP contribution in [0.1, 0.15) is 34.6 Å². The standard InChI is InChI=1S/C15H23BrN4O2/c1-10-8-19(12-17-6-11(16)7-18-12)9-15(5,14(2,3)4)20(10)13(21)22/h6-7,10H,8-9H2,1-5H3,(H,21,22)/t10-,15-/m1/s1. The summed E-state index contributed by atoms with van der Waals surface area (Å²) in [6.07, 6.45) is 2.55. The first-order valence-corrected chi connectivity index (χ1v) is 8.10. The summed E-state index contributed by atoms with van der Waals surface area (Å²) in [5, 5.41) is 9.67. The van der Waals surface area contributed by atoms with Crippen LogP contribution in [0.4, 0.5) is 10.7 Å². The number of anilines is 1. The van der Waals surface area contributed by atoms with Crippen molar-refractivity contribution in [2.24, 2.45) is 5.41 Å². The molecule has 0 aromatic carbocycles. The number of piperazine rings is 1. The second-order valence-corrected chi connectivity index (χ2v) is 8.02. The van der Waals surface area contributed by atoms with Gasteiger partial charge in [0.1, 0.15) is 0 Å². The highest BCUT2D eigenvalue weighted by Gasteiger charge is 2.51. The van der Waals surface area contributed by atoms with Gasteiger partial charge in [0.05, 0.1) is 16.1 Å². The van der Waals surface area contributed by atoms with E-state index in [0.717, 1.165) is 4.47 Å². The summed E-state index contributed by atoms with van der Waals surface area (Å²) in [4.78, 5) is 24.2. The Bertz CT molecular complexity index is 558. The topological polar surface area (TPSA) is 69.6 Å². The maximum absolute atomic E-state index is 11.8. The maximum Gasteiger partial charge on any atom is 0.408 e. The van der Waals surface area contributed by atoms with E-state index in [1.54, 1.807) is 17.3 Å². The molecule has 1 aliphatic rings. The Morgan fingerprint density at radius 2 is 1.95 bits per heavy atom. The van der Waals surface area contributed by atoms with E-state index in [2.05, 4.69) is 51.6 Å². The maximum atomic E-state index is 11.8. The fourth-order valence-corrected chi connectivity index (χ4v) is 3.22. The number of hydrogen-bond donors (Lipinski definition) is 1. The van der Waals surface area contributed by atoms with Crippen molar-refractivity contribution in [1.29, 1.82) is 0 Å². The summed E-state index contributed by atoms with van der Waals surface area (Å²) >= 11 is 3.33. The third kappa shape index (κ3) is 2.91. The van der Waals surface area contributed by atoms with E-state index in [1.807, 2.05) is 13.8 Å². The van der Waals surface area contributed by atoms with Crippen LogP contribution < -0.4 is 4.90 Å². The number of carbonyl (C=O) groups is 1. The van der Waals surface area contributed by atoms with Gasteiger partial charge < -0.3 is 10.0 Å². The lowest BCUT2D eigenvalue weighted by Gasteiger charge is -2.56. The van der Waals surface area contributed by atoms with Crippen molar-refractivity contribution in [2.45, 2.75) is 46.2 Å². The number of nitrogens with zero attached hydrogens (tertiary/aromatic N) is 4. The van der Waals surface area contributed by atoms with Crippen LogP contribution in [-0.2, 0) is 0 Å². The summed E-state index contributed by atoms with van der Waals surface area (Å²) < 4.78 is 0.826. The molecule has 1 aliphatic heterocycles. The van der Waals surface area contributed by atoms with E-state index < -0.39 is 11.6 Å². The van der Waals surface area contributed by atoms with E-state index in [9.17, 15) is 9.90 Å². The van der Waals surface area contributed by atoms with Crippen LogP contribution in [0.15, 0.2) is 16.9 Å². The summed E-state index contributed by atoms with van der Waals surface area (Å²) in [6, 6.07) is -0.136. The van der Waals surface area contributed by atoms with Crippen molar-refractivity contribution in [3.8, 4) is 0 Å². The van der Waals surface area contributed by atoms with Crippen LogP contribution in [0.25, 0.3) is 0 Å². The number of rotatable bonds is 1. The number of amides is 1. The minimum Gasteiger partial charge on any atom is -0.465 e. The van der Waals surface area contributed by atoms with Crippen LogP contribution in [-0.4, -0.2) is 50.7 Å². The molecular weight excluding hydrogens is 348 g/mol. The Hall–Kier alpha value is -1.37. The lowest BCUT2D eigenvalue weighted by atomic mass is 9.71. The molecule has 7 heteroatoms. The van der Waals surface area contributed by atoms with Crippen molar-refractivity contribution in [1.82, 2.24) is 14.9 Å². The van der Waals surface area contributed by atoms with Crippen LogP contribution in [0.5, 0.6) is 0 Å². The first-order valence-electron chi connectivity index (χ1n) is 7.31. The molecule has 1 fully saturated rings. The van der Waals surface area contributed by atoms with E-state index in [0.29, 0.717) is 19.0 Å². The van der Waals surface area contributed by atoms with Crippen LogP contribution in [0, 0.1) is 5.41 Å². The van der Waals surface area contributed by atoms with Gasteiger partial charge >= 0.3 is 6.09 Å². The zero-order chi connectivity index (χ0) is 16.7. The fraction of sp³-hybridized carbons (Fsp3) is 0.667. The van der Waals surface area contributed by atoms with Crippen LogP contribution in [0.3, 0.4) is 0 Å². The van der Waals surface area contributed by atoms with Gasteiger partial charge in [-0.05, 0) is 35.2 Å². The third-order valence-corrected chi connectivity index (χ3v) is 5.08. The number of aromatic nitrogens is 2. The summed E-state index contributed by atoms with van der Waals surface area (Å²) in [7, 11) is 0. The molecule has 0 saturated carbocycles. The molecule has 1 amide bonds. The molecule has 22 heavy (non-hydrogen) atoms. The highest BCUT2D eigenvalue weighted by molar-refractivity contribution is 9.10. The summed E-state index contributed by atoms with van der Waals surface area (Å²) in [5.74, 6) is 0.635. The van der Waals surface area contributed by atoms with Crippen LogP contribution in [0.2, 0.25) is 0 Å². The highest BCUT2D eigenvalue weighted by Crippen LogP contribution is 2.40. The third-order valence-electron chi connectivity index (χ3n) is 4.67. The van der Waals surface area contributed by atoms with Crippen LogP contribution >= 0.6 is 15.9 Å². The first kappa shape index (κ1) is 17.0. The van der Waals surface area contributed by atoms with Gasteiger partial charge in [0.25, 0.3) is 0 Å². The Labute approximate surface area is 139 Å². The Balaban J connectivity index is 2.40. The molecule has 122 valence electrons. The minimum absolute atomic E-state index is 0.136. The molecule has 0 radical (unpaired) electrons. The minimum atomic E-state index is -0.874. The lowest BCUT2D eigenvalue weighted by Crippen LogP contribution is -2.70. The van der Waals surface area contributed by atoms with E-state index >= 15 is 0 Å². The number of hydrogen-bond acceptors (Lipinski definition) is 4. The van der Waals surface area contributed by atoms with Gasteiger partial charge in [0.2, 0.25) is 5.95 Å². The molecule has 1 N–H and O–H groups in total. The molecule has 0 unspecified atom stereocenters. The van der Waals surface area contributed by atoms with Crippen molar-refractivity contribution < 1.29 is 9.90 Å². The highest BCUT2D eigenvalue weighted by atomic mass is 79.9. The largest absolute Gasteiger partial charge is 0.465 e. The van der Waals surface area contributed by atoms with Crippen molar-refractivity contribution >= 4 is 28.0 Å². The average Bonchev–Trinajstić information content (AvgIpc) is 2.36. The molecule has 1 aromatic heterocycles. The molecule has 1 saturated heterocycles. The molecule has 1 aromatic rings. The monoisotopic (exact) mass is 370 g/mol. The fourth-order valence-electron chi connectivity index (χ4n) is 3.02. The Morgan fingerprint density at radius 3 is 2.41 bits per heavy atom. The van der Waals surface area contributed by atoms with E-state index in [4.69, 9.17) is 0 Å². The van der Waals surface area contributed by atoms with Gasteiger partial charge in [-0.15, -0.1) is 0 Å². The molecule has 2 heterocycles. The predicted molar refractivity (Wildman–Crippen MR) is 89.1 cm³/mol. The second-order valence-electron chi connectivity index (χ2n) is 7.11. The molecule has 0 spiro atoms. The van der Waals surface area contributed by atoms with Crippen molar-refractivity contribution in [3.63, 3.8) is 0 Å². The van der Waals surface area contributed by atoms with E-state index in [1.165, 1.54) is 0 Å². The van der Waals surface area contributed by atoms with Gasteiger partial charge in [-0.2, -0.15) is 0 Å². The average molecular weight is 371 g/mol. The molecule has 0 aliphatic carbocycles. The quantitative estimate of drug-likeness (QED) is 0.821. The lowest BCUT2D eigenvalue weighted by molar-refractivity contribution is -0.0173. The van der Waals surface area contributed by atoms with Gasteiger partial charge in [0.15, 0.2) is 0 Å². The molecule has 6 nitrogen and oxygen atoms in total.